The molecule has 0 aromatic heterocycles. The van der Waals surface area contributed by atoms with Gasteiger partial charge in [0.05, 0.1) is 13.2 Å². The van der Waals surface area contributed by atoms with E-state index in [-0.39, 0.29) is 0 Å². The molecule has 15 fully saturated rings. The second-order valence-corrected chi connectivity index (χ2v) is 32.9. The third kappa shape index (κ3) is 18.1. The Kier molecular flexibility index (Phi) is 24.1. The van der Waals surface area contributed by atoms with Gasteiger partial charge in [-0.05, 0) is 313 Å². The number of likely N-dealkylation sites (tertiary alicyclic amines) is 5. The van der Waals surface area contributed by atoms with Crippen LogP contribution in [-0.4, -0.2) is 158 Å². The molecule has 0 aromatic carbocycles. The highest BCUT2D eigenvalue weighted by molar-refractivity contribution is 4.99. The summed E-state index contributed by atoms with van der Waals surface area (Å²) in [5, 5.41) is 0. The summed E-state index contributed by atoms with van der Waals surface area (Å²) in [6, 6.07) is 3.87. The quantitative estimate of drug-likeness (QED) is 0.251. The van der Waals surface area contributed by atoms with Crippen molar-refractivity contribution in [3.63, 3.8) is 0 Å². The van der Waals surface area contributed by atoms with Gasteiger partial charge in [0.2, 0.25) is 0 Å². The number of piperidine rings is 7. The third-order valence-corrected chi connectivity index (χ3v) is 25.2. The number of hydrogen-bond donors (Lipinski definition) is 0. The molecule has 460 valence electrons. The van der Waals surface area contributed by atoms with Crippen molar-refractivity contribution in [1.82, 2.24) is 29.4 Å². The first kappa shape index (κ1) is 64.7. The molecule has 7 unspecified atom stereocenters. The van der Waals surface area contributed by atoms with Crippen molar-refractivity contribution in [2.24, 2.45) is 74.9 Å². The first-order valence-electron chi connectivity index (χ1n) is 35.7. The van der Waals surface area contributed by atoms with Crippen LogP contribution in [0.4, 0.5) is 0 Å². The maximum atomic E-state index is 5.40. The molecule has 6 bridgehead atoms. The van der Waals surface area contributed by atoms with E-state index in [1.165, 1.54) is 246 Å². The highest BCUT2D eigenvalue weighted by Crippen LogP contribution is 2.54. The van der Waals surface area contributed by atoms with Crippen LogP contribution in [0.2, 0.25) is 0 Å². The van der Waals surface area contributed by atoms with Gasteiger partial charge in [0, 0.05) is 74.9 Å². The molecule has 3 spiro atoms. The van der Waals surface area contributed by atoms with Crippen LogP contribution in [0.15, 0.2) is 0 Å². The second kappa shape index (κ2) is 29.4. The number of hydrogen-bond acceptors (Lipinski definition) is 7. The van der Waals surface area contributed by atoms with Gasteiger partial charge in [0.15, 0.2) is 0 Å². The number of fused-ring (bicyclic) bond motifs is 8. The minimum atomic E-state index is 0.617. The molecular weight excluding hydrogens is 965 g/mol. The average molecular weight is 1100 g/mol. The largest absolute Gasteiger partial charge is 0.380 e. The summed E-state index contributed by atoms with van der Waals surface area (Å²) in [5.74, 6) is 9.12. The molecule has 9 aliphatic heterocycles. The fourth-order valence-electron chi connectivity index (χ4n) is 18.6. The van der Waals surface area contributed by atoms with Gasteiger partial charge in [0.25, 0.3) is 0 Å². The standard InChI is InChI=1S/2C11H21N.C11H20O.3C10H19N.C9H17N/c1-9(2)12-7-10-4-3-5-11(6-10)8-12;1-10(2)12-8-7-11(9-12)5-3-4-6-11;1-9(2)10-5-3-4-6-11(10)7-12-8-11;1-9(2)10-3-6-11(7-4-10)8-5-10;1-8(2)11-6-9-3-4-10(5-9)7-11;1-9(2)11-7-5-10(3-4-10)6-8-11;1-7(2)10-4-3-8-5-9(8)6-10/h9-11H,3-8H2,1-2H3;10H,3-9H2,1-2H3;9-10H,3-8H2,1-2H3;9H,3-8H2,1-2H3;8-10H,3-7H2,1-2H3;9H,3-8H2,1-2H3;7-9H,3-6H2,1-2H3. The lowest BCUT2D eigenvalue weighted by atomic mass is 9.61. The third-order valence-electron chi connectivity index (χ3n) is 25.2. The van der Waals surface area contributed by atoms with Crippen LogP contribution in [0.1, 0.15) is 257 Å². The van der Waals surface area contributed by atoms with E-state index in [2.05, 4.69) is 126 Å². The number of rotatable bonds is 7. The topological polar surface area (TPSA) is 28.7 Å². The second-order valence-electron chi connectivity index (χ2n) is 32.9. The Morgan fingerprint density at radius 3 is 1.24 bits per heavy atom. The Morgan fingerprint density at radius 1 is 0.354 bits per heavy atom. The van der Waals surface area contributed by atoms with Gasteiger partial charge >= 0.3 is 0 Å². The molecule has 7 heteroatoms. The summed E-state index contributed by atoms with van der Waals surface area (Å²) in [5.41, 5.74) is 2.98. The predicted octanol–water partition coefficient (Wildman–Crippen LogP) is 16.3. The van der Waals surface area contributed by atoms with Gasteiger partial charge in [-0.15, -0.1) is 0 Å². The monoisotopic (exact) mass is 1100 g/mol. The Bertz CT molecular complexity index is 1690. The van der Waals surface area contributed by atoms with E-state index in [1.54, 1.807) is 0 Å². The molecule has 9 saturated heterocycles. The lowest BCUT2D eigenvalue weighted by molar-refractivity contribution is -0.171. The zero-order valence-electron chi connectivity index (χ0n) is 55.5. The van der Waals surface area contributed by atoms with Gasteiger partial charge in [-0.2, -0.15) is 0 Å². The maximum Gasteiger partial charge on any atom is 0.0547 e. The molecule has 6 saturated carbocycles. The van der Waals surface area contributed by atoms with Crippen LogP contribution < -0.4 is 0 Å². The van der Waals surface area contributed by atoms with Crippen molar-refractivity contribution in [2.45, 2.75) is 288 Å². The van der Waals surface area contributed by atoms with E-state index in [1.807, 2.05) is 0 Å². The fraction of sp³-hybridized carbons (Fsp3) is 1.00. The van der Waals surface area contributed by atoms with E-state index >= 15 is 0 Å². The summed E-state index contributed by atoms with van der Waals surface area (Å²) in [6.45, 7) is 52.7. The van der Waals surface area contributed by atoms with Gasteiger partial charge in [-0.1, -0.05) is 59.8 Å². The van der Waals surface area contributed by atoms with Gasteiger partial charge in [0.1, 0.15) is 0 Å². The highest BCUT2D eigenvalue weighted by atomic mass is 16.5. The summed E-state index contributed by atoms with van der Waals surface area (Å²) in [6.07, 6.45) is 37.2. The van der Waals surface area contributed by atoms with Crippen LogP contribution in [0, 0.1) is 74.9 Å². The smallest absolute Gasteiger partial charge is 0.0547 e. The van der Waals surface area contributed by atoms with Crippen LogP contribution >= 0.6 is 0 Å². The minimum Gasteiger partial charge on any atom is -0.380 e. The van der Waals surface area contributed by atoms with Crippen LogP contribution in [0.5, 0.6) is 0 Å². The molecule has 15 aliphatic rings. The Morgan fingerprint density at radius 2 is 0.835 bits per heavy atom. The summed E-state index contributed by atoms with van der Waals surface area (Å²) in [4.78, 5) is 15.8. The highest BCUT2D eigenvalue weighted by Gasteiger charge is 2.48. The summed E-state index contributed by atoms with van der Waals surface area (Å²) < 4.78 is 5.40. The first-order valence-corrected chi connectivity index (χ1v) is 35.7. The Hall–Kier alpha value is -0.280. The number of nitrogens with zero attached hydrogens (tertiary/aromatic N) is 6. The molecule has 0 aromatic rings. The van der Waals surface area contributed by atoms with E-state index < -0.39 is 0 Å². The molecule has 0 radical (unpaired) electrons. The van der Waals surface area contributed by atoms with E-state index in [0.717, 1.165) is 113 Å². The molecule has 79 heavy (non-hydrogen) atoms. The molecule has 15 rings (SSSR count). The molecule has 0 amide bonds. The minimum absolute atomic E-state index is 0.617. The maximum absolute atomic E-state index is 5.40. The van der Waals surface area contributed by atoms with Crippen LogP contribution in [0.3, 0.4) is 0 Å². The SMILES string of the molecule is CC(C)C12CCN(CC1)CC2.CC(C)C1CCCCC12COC2.CC(C)N1CC2CCC(C2)C1.CC(C)N1CC2CCCC(C2)C1.CC(C)N1CCC2(CC1)CC2.CC(C)N1CCC2(CCCC2)C1.CC(C)N1CCC2CC2C1. The predicted molar refractivity (Wildman–Crippen MR) is 340 cm³/mol. The Balaban J connectivity index is 0.000000121. The zero-order chi connectivity index (χ0) is 56.5. The van der Waals surface area contributed by atoms with E-state index in [0.29, 0.717) is 5.41 Å². The first-order chi connectivity index (χ1) is 37.7. The fourth-order valence-corrected chi connectivity index (χ4v) is 18.6. The molecule has 7 atom stereocenters. The molecule has 6 aliphatic carbocycles. The van der Waals surface area contributed by atoms with Crippen LogP contribution in [-0.2, 0) is 4.74 Å². The Labute approximate surface area is 492 Å². The summed E-state index contributed by atoms with van der Waals surface area (Å²) in [7, 11) is 0. The zero-order valence-corrected chi connectivity index (χ0v) is 55.5. The normalized spacial score (nSPS) is 35.8. The summed E-state index contributed by atoms with van der Waals surface area (Å²) >= 11 is 0. The van der Waals surface area contributed by atoms with Crippen LogP contribution in [0.25, 0.3) is 0 Å². The lowest BCUT2D eigenvalue weighted by Crippen LogP contribution is -2.51. The average Bonchev–Trinajstić information content (AvgIpc) is 4.26. The number of ether oxygens (including phenoxy) is 1. The van der Waals surface area contributed by atoms with Crippen molar-refractivity contribution in [2.75, 3.05) is 98.3 Å². The van der Waals surface area contributed by atoms with Crippen molar-refractivity contribution in [3.8, 4) is 0 Å². The van der Waals surface area contributed by atoms with Crippen molar-refractivity contribution in [3.05, 3.63) is 0 Å². The lowest BCUT2D eigenvalue weighted by Gasteiger charge is -2.51. The van der Waals surface area contributed by atoms with Gasteiger partial charge in [-0.25, -0.2) is 0 Å². The molecule has 9 heterocycles. The van der Waals surface area contributed by atoms with Crippen molar-refractivity contribution < 1.29 is 4.74 Å². The molecular formula is C72H136N6O. The molecule has 0 N–H and O–H groups in total. The van der Waals surface area contributed by atoms with Gasteiger partial charge < -0.3 is 34.1 Å². The van der Waals surface area contributed by atoms with Gasteiger partial charge in [-0.3, -0.25) is 0 Å². The van der Waals surface area contributed by atoms with Crippen molar-refractivity contribution >= 4 is 0 Å². The van der Waals surface area contributed by atoms with Crippen molar-refractivity contribution in [1.29, 1.82) is 0 Å². The van der Waals surface area contributed by atoms with E-state index in [4.69, 9.17) is 4.74 Å². The van der Waals surface area contributed by atoms with E-state index in [9.17, 15) is 0 Å². The molecule has 7 nitrogen and oxygen atoms in total.